The summed E-state index contributed by atoms with van der Waals surface area (Å²) in [5.41, 5.74) is 1.28. The number of nitrogens with one attached hydrogen (secondary N) is 1. The van der Waals surface area contributed by atoms with E-state index in [0.29, 0.717) is 6.04 Å². The van der Waals surface area contributed by atoms with Crippen LogP contribution in [0.15, 0.2) is 42.5 Å². The van der Waals surface area contributed by atoms with Gasteiger partial charge in [-0.25, -0.2) is 0 Å². The molecule has 2 rings (SSSR count). The van der Waals surface area contributed by atoms with Crippen molar-refractivity contribution in [3.8, 4) is 10.4 Å². The van der Waals surface area contributed by atoms with Crippen molar-refractivity contribution in [3.05, 3.63) is 47.3 Å². The monoisotopic (exact) mass is 275 g/mol. The van der Waals surface area contributed by atoms with Gasteiger partial charge in [0, 0.05) is 28.9 Å². The van der Waals surface area contributed by atoms with Crippen LogP contribution in [0, 0.1) is 0 Å². The molecule has 0 bridgehead atoms. The second-order valence-corrected chi connectivity index (χ2v) is 5.80. The first-order chi connectivity index (χ1) is 9.33. The molecular formula is C16H21NOS. The first-order valence-electron chi connectivity index (χ1n) is 6.82. The lowest BCUT2D eigenvalue weighted by atomic mass is 10.1. The number of hydrogen-bond acceptors (Lipinski definition) is 3. The number of rotatable bonds is 7. The fourth-order valence-electron chi connectivity index (χ4n) is 2.08. The molecule has 0 spiro atoms. The van der Waals surface area contributed by atoms with Gasteiger partial charge in [-0.05, 0) is 30.5 Å². The van der Waals surface area contributed by atoms with Crippen molar-refractivity contribution in [2.75, 3.05) is 6.61 Å². The summed E-state index contributed by atoms with van der Waals surface area (Å²) in [4.78, 5) is 2.66. The van der Waals surface area contributed by atoms with Gasteiger partial charge in [0.1, 0.15) is 0 Å². The Morgan fingerprint density at radius 2 is 1.95 bits per heavy atom. The molecule has 0 saturated heterocycles. The molecule has 0 aliphatic rings. The maximum atomic E-state index is 8.98. The van der Waals surface area contributed by atoms with E-state index in [4.69, 9.17) is 5.11 Å². The molecule has 0 aliphatic carbocycles. The molecule has 1 unspecified atom stereocenters. The maximum Gasteiger partial charge on any atom is 0.0445 e. The van der Waals surface area contributed by atoms with E-state index >= 15 is 0 Å². The zero-order valence-electron chi connectivity index (χ0n) is 11.3. The Kier molecular flexibility index (Phi) is 5.58. The molecular weight excluding hydrogens is 254 g/mol. The van der Waals surface area contributed by atoms with Crippen LogP contribution in [0.1, 0.15) is 24.6 Å². The lowest BCUT2D eigenvalue weighted by molar-refractivity contribution is 0.262. The maximum absolute atomic E-state index is 8.98. The third-order valence-corrected chi connectivity index (χ3v) is 4.39. The number of benzene rings is 1. The topological polar surface area (TPSA) is 32.3 Å². The molecule has 3 heteroatoms. The number of thiophene rings is 1. The zero-order chi connectivity index (χ0) is 13.5. The Labute approximate surface area is 119 Å². The van der Waals surface area contributed by atoms with Gasteiger partial charge >= 0.3 is 0 Å². The van der Waals surface area contributed by atoms with Gasteiger partial charge in [-0.15, -0.1) is 11.3 Å². The van der Waals surface area contributed by atoms with Crippen molar-refractivity contribution < 1.29 is 5.11 Å². The Morgan fingerprint density at radius 1 is 1.16 bits per heavy atom. The SMILES string of the molecule is CCC(CCO)NCc1ccc(-c2ccccc2)s1. The van der Waals surface area contributed by atoms with Crippen molar-refractivity contribution in [1.82, 2.24) is 5.32 Å². The summed E-state index contributed by atoms with van der Waals surface area (Å²) in [6.07, 6.45) is 1.88. The Balaban J connectivity index is 1.94. The summed E-state index contributed by atoms with van der Waals surface area (Å²) in [7, 11) is 0. The third-order valence-electron chi connectivity index (χ3n) is 3.26. The average molecular weight is 275 g/mol. The summed E-state index contributed by atoms with van der Waals surface area (Å²) in [5.74, 6) is 0. The second-order valence-electron chi connectivity index (χ2n) is 4.63. The van der Waals surface area contributed by atoms with E-state index in [1.54, 1.807) is 0 Å². The average Bonchev–Trinajstić information content (AvgIpc) is 2.93. The number of hydrogen-bond donors (Lipinski definition) is 2. The molecule has 0 fully saturated rings. The van der Waals surface area contributed by atoms with E-state index in [1.165, 1.54) is 15.3 Å². The summed E-state index contributed by atoms with van der Waals surface area (Å²) in [6, 6.07) is 15.2. The van der Waals surface area contributed by atoms with Gasteiger partial charge in [0.15, 0.2) is 0 Å². The van der Waals surface area contributed by atoms with Crippen LogP contribution >= 0.6 is 11.3 Å². The van der Waals surface area contributed by atoms with E-state index in [-0.39, 0.29) is 6.61 Å². The van der Waals surface area contributed by atoms with E-state index in [9.17, 15) is 0 Å². The molecule has 0 aliphatic heterocycles. The van der Waals surface area contributed by atoms with Crippen molar-refractivity contribution in [2.45, 2.75) is 32.4 Å². The largest absolute Gasteiger partial charge is 0.396 e. The molecule has 2 aromatic rings. The Bertz CT molecular complexity index is 481. The fraction of sp³-hybridized carbons (Fsp3) is 0.375. The molecule has 19 heavy (non-hydrogen) atoms. The van der Waals surface area contributed by atoms with Gasteiger partial charge in [0.25, 0.3) is 0 Å². The molecule has 2 nitrogen and oxygen atoms in total. The molecule has 102 valence electrons. The van der Waals surface area contributed by atoms with Crippen LogP contribution in [0.25, 0.3) is 10.4 Å². The quantitative estimate of drug-likeness (QED) is 0.808. The number of aliphatic hydroxyl groups excluding tert-OH is 1. The highest BCUT2D eigenvalue weighted by Crippen LogP contribution is 2.27. The van der Waals surface area contributed by atoms with Crippen LogP contribution in [0.5, 0.6) is 0 Å². The summed E-state index contributed by atoms with van der Waals surface area (Å²) < 4.78 is 0. The highest BCUT2D eigenvalue weighted by molar-refractivity contribution is 7.15. The Hall–Kier alpha value is -1.16. The minimum absolute atomic E-state index is 0.255. The third kappa shape index (κ3) is 4.16. The highest BCUT2D eigenvalue weighted by Gasteiger charge is 2.06. The summed E-state index contributed by atoms with van der Waals surface area (Å²) in [6.45, 7) is 3.29. The first kappa shape index (κ1) is 14.3. The molecule has 2 N–H and O–H groups in total. The van der Waals surface area contributed by atoms with Gasteiger partial charge in [0.05, 0.1) is 0 Å². The standard InChI is InChI=1S/C16H21NOS/c1-2-14(10-11-18)17-12-15-8-9-16(19-15)13-6-4-3-5-7-13/h3-9,14,17-18H,2,10-12H2,1H3. The lowest BCUT2D eigenvalue weighted by Crippen LogP contribution is -2.28. The van der Waals surface area contributed by atoms with Gasteiger partial charge in [0.2, 0.25) is 0 Å². The van der Waals surface area contributed by atoms with Crippen LogP contribution in [-0.4, -0.2) is 17.8 Å². The molecule has 1 aromatic heterocycles. The predicted molar refractivity (Wildman–Crippen MR) is 82.4 cm³/mol. The normalized spacial score (nSPS) is 12.5. The second kappa shape index (κ2) is 7.43. The van der Waals surface area contributed by atoms with Crippen molar-refractivity contribution >= 4 is 11.3 Å². The summed E-state index contributed by atoms with van der Waals surface area (Å²) in [5, 5.41) is 12.5. The van der Waals surface area contributed by atoms with Gasteiger partial charge in [-0.3, -0.25) is 0 Å². The smallest absolute Gasteiger partial charge is 0.0445 e. The van der Waals surface area contributed by atoms with Crippen molar-refractivity contribution in [1.29, 1.82) is 0 Å². The van der Waals surface area contributed by atoms with Gasteiger partial charge < -0.3 is 10.4 Å². The fourth-order valence-corrected chi connectivity index (χ4v) is 3.05. The molecule has 0 radical (unpaired) electrons. The van der Waals surface area contributed by atoms with E-state index < -0.39 is 0 Å². The van der Waals surface area contributed by atoms with Crippen LogP contribution < -0.4 is 5.32 Å². The van der Waals surface area contributed by atoms with Gasteiger partial charge in [-0.1, -0.05) is 37.3 Å². The van der Waals surface area contributed by atoms with E-state index in [2.05, 4.69) is 48.6 Å². The van der Waals surface area contributed by atoms with Crippen LogP contribution in [-0.2, 0) is 6.54 Å². The van der Waals surface area contributed by atoms with Crippen LogP contribution in [0.4, 0.5) is 0 Å². The lowest BCUT2D eigenvalue weighted by Gasteiger charge is -2.14. The first-order valence-corrected chi connectivity index (χ1v) is 7.63. The van der Waals surface area contributed by atoms with E-state index in [1.807, 2.05) is 17.4 Å². The number of aliphatic hydroxyl groups is 1. The molecule has 0 saturated carbocycles. The highest BCUT2D eigenvalue weighted by atomic mass is 32.1. The van der Waals surface area contributed by atoms with Gasteiger partial charge in [-0.2, -0.15) is 0 Å². The zero-order valence-corrected chi connectivity index (χ0v) is 12.1. The van der Waals surface area contributed by atoms with Crippen molar-refractivity contribution in [2.24, 2.45) is 0 Å². The van der Waals surface area contributed by atoms with E-state index in [0.717, 1.165) is 19.4 Å². The van der Waals surface area contributed by atoms with Crippen molar-refractivity contribution in [3.63, 3.8) is 0 Å². The Morgan fingerprint density at radius 3 is 2.63 bits per heavy atom. The predicted octanol–water partition coefficient (Wildman–Crippen LogP) is 3.67. The summed E-state index contributed by atoms with van der Waals surface area (Å²) >= 11 is 1.83. The molecule has 0 amide bonds. The minimum Gasteiger partial charge on any atom is -0.396 e. The van der Waals surface area contributed by atoms with Crippen LogP contribution in [0.2, 0.25) is 0 Å². The molecule has 1 aromatic carbocycles. The molecule has 1 heterocycles. The minimum atomic E-state index is 0.255. The van der Waals surface area contributed by atoms with Crippen LogP contribution in [0.3, 0.4) is 0 Å². The molecule has 1 atom stereocenters.